The molecule has 0 aromatic heterocycles. The van der Waals surface area contributed by atoms with Crippen molar-refractivity contribution >= 4 is 11.6 Å². The maximum absolute atomic E-state index is 5.99. The lowest BCUT2D eigenvalue weighted by molar-refractivity contribution is 0.200. The van der Waals surface area contributed by atoms with Gasteiger partial charge in [0.25, 0.3) is 0 Å². The first-order chi connectivity index (χ1) is 8.53. The molecule has 1 aromatic carbocycles. The first-order valence-electron chi connectivity index (χ1n) is 7.29. The number of hydrogen-bond acceptors (Lipinski definition) is 0. The second-order valence-electron chi connectivity index (χ2n) is 6.40. The fourth-order valence-corrected chi connectivity index (χ4v) is 3.05. The van der Waals surface area contributed by atoms with Crippen LogP contribution in [0.5, 0.6) is 0 Å². The van der Waals surface area contributed by atoms with E-state index < -0.39 is 0 Å². The monoisotopic (exact) mass is 264 g/mol. The van der Waals surface area contributed by atoms with Crippen molar-refractivity contribution in [1.29, 1.82) is 0 Å². The summed E-state index contributed by atoms with van der Waals surface area (Å²) in [4.78, 5) is 0. The van der Waals surface area contributed by atoms with Gasteiger partial charge in [-0.1, -0.05) is 50.9 Å². The van der Waals surface area contributed by atoms with E-state index in [1.807, 2.05) is 12.1 Å². The molecule has 0 spiro atoms. The van der Waals surface area contributed by atoms with E-state index in [-0.39, 0.29) is 0 Å². The van der Waals surface area contributed by atoms with Crippen molar-refractivity contribution in [3.05, 3.63) is 34.9 Å². The molecule has 0 bridgehead atoms. The zero-order valence-corrected chi connectivity index (χ0v) is 12.6. The molecule has 0 N–H and O–H groups in total. The molecule has 100 valence electrons. The molecule has 0 aliphatic heterocycles. The average Bonchev–Trinajstić information content (AvgIpc) is 2.29. The van der Waals surface area contributed by atoms with Crippen molar-refractivity contribution in [3.63, 3.8) is 0 Å². The second-order valence-corrected chi connectivity index (χ2v) is 6.84. The van der Waals surface area contributed by atoms with Crippen LogP contribution in [-0.4, -0.2) is 0 Å². The zero-order chi connectivity index (χ0) is 13.2. The normalized spacial score (nSPS) is 19.6. The third kappa shape index (κ3) is 2.91. The Balaban J connectivity index is 2.04. The summed E-state index contributed by atoms with van der Waals surface area (Å²) in [5.74, 6) is 1.63. The minimum atomic E-state index is 0.466. The highest BCUT2D eigenvalue weighted by molar-refractivity contribution is 6.30. The molecule has 1 atom stereocenters. The Hall–Kier alpha value is -0.490. The summed E-state index contributed by atoms with van der Waals surface area (Å²) in [7, 11) is 0. The van der Waals surface area contributed by atoms with Crippen LogP contribution in [0.25, 0.3) is 0 Å². The van der Waals surface area contributed by atoms with Crippen LogP contribution in [0.3, 0.4) is 0 Å². The molecule has 1 saturated carbocycles. The smallest absolute Gasteiger partial charge is 0.0406 e. The topological polar surface area (TPSA) is 0 Å². The van der Waals surface area contributed by atoms with E-state index in [0.29, 0.717) is 5.41 Å². The molecule has 1 fully saturated rings. The minimum Gasteiger partial charge on any atom is -0.0843 e. The standard InChI is InChI=1S/C17H25Cl/c1-13(2)14(3)9-12-17(10-4-11-17)15-5-7-16(18)8-6-15/h5-8,13-14H,4,9-12H2,1-3H3. The van der Waals surface area contributed by atoms with Gasteiger partial charge < -0.3 is 0 Å². The predicted octanol–water partition coefficient (Wildman–Crippen LogP) is 5.83. The minimum absolute atomic E-state index is 0.466. The lowest BCUT2D eigenvalue weighted by atomic mass is 9.61. The van der Waals surface area contributed by atoms with Gasteiger partial charge in [0, 0.05) is 5.02 Å². The number of halogens is 1. The summed E-state index contributed by atoms with van der Waals surface area (Å²) in [6, 6.07) is 8.56. The van der Waals surface area contributed by atoms with Gasteiger partial charge in [-0.15, -0.1) is 0 Å². The molecule has 1 heteroatoms. The van der Waals surface area contributed by atoms with Crippen LogP contribution in [0, 0.1) is 11.8 Å². The van der Waals surface area contributed by atoms with Gasteiger partial charge in [0.05, 0.1) is 0 Å². The van der Waals surface area contributed by atoms with E-state index in [0.717, 1.165) is 16.9 Å². The Bertz CT molecular complexity index is 373. The van der Waals surface area contributed by atoms with Crippen LogP contribution in [0.1, 0.15) is 58.4 Å². The van der Waals surface area contributed by atoms with Gasteiger partial charge in [0.1, 0.15) is 0 Å². The summed E-state index contributed by atoms with van der Waals surface area (Å²) >= 11 is 5.99. The number of rotatable bonds is 5. The van der Waals surface area contributed by atoms with Crippen LogP contribution in [-0.2, 0) is 5.41 Å². The van der Waals surface area contributed by atoms with Crippen LogP contribution in [0.15, 0.2) is 24.3 Å². The average molecular weight is 265 g/mol. The molecule has 18 heavy (non-hydrogen) atoms. The lowest BCUT2D eigenvalue weighted by Crippen LogP contribution is -2.34. The molecule has 0 saturated heterocycles. The molecule has 0 amide bonds. The summed E-state index contributed by atoms with van der Waals surface area (Å²) in [6.07, 6.45) is 6.80. The Morgan fingerprint density at radius 1 is 1.11 bits per heavy atom. The van der Waals surface area contributed by atoms with Crippen molar-refractivity contribution in [2.75, 3.05) is 0 Å². The van der Waals surface area contributed by atoms with Gasteiger partial charge >= 0.3 is 0 Å². The summed E-state index contributed by atoms with van der Waals surface area (Å²) in [5.41, 5.74) is 1.97. The third-order valence-corrected chi connectivity index (χ3v) is 5.24. The van der Waals surface area contributed by atoms with Crippen LogP contribution in [0.2, 0.25) is 5.02 Å². The van der Waals surface area contributed by atoms with E-state index in [4.69, 9.17) is 11.6 Å². The zero-order valence-electron chi connectivity index (χ0n) is 11.9. The largest absolute Gasteiger partial charge is 0.0843 e. The number of benzene rings is 1. The molecular formula is C17H25Cl. The highest BCUT2D eigenvalue weighted by Crippen LogP contribution is 2.48. The molecule has 2 rings (SSSR count). The third-order valence-electron chi connectivity index (χ3n) is 4.98. The van der Waals surface area contributed by atoms with E-state index in [2.05, 4.69) is 32.9 Å². The van der Waals surface area contributed by atoms with Gasteiger partial charge in [-0.25, -0.2) is 0 Å². The van der Waals surface area contributed by atoms with Crippen molar-refractivity contribution < 1.29 is 0 Å². The van der Waals surface area contributed by atoms with E-state index in [9.17, 15) is 0 Å². The maximum atomic E-state index is 5.99. The second kappa shape index (κ2) is 5.65. The van der Waals surface area contributed by atoms with Crippen LogP contribution in [0.4, 0.5) is 0 Å². The summed E-state index contributed by atoms with van der Waals surface area (Å²) < 4.78 is 0. The first kappa shape index (κ1) is 13.9. The molecule has 1 aliphatic rings. The Morgan fingerprint density at radius 3 is 2.17 bits per heavy atom. The highest BCUT2D eigenvalue weighted by atomic mass is 35.5. The molecule has 0 heterocycles. The van der Waals surface area contributed by atoms with Crippen molar-refractivity contribution in [2.24, 2.45) is 11.8 Å². The number of hydrogen-bond donors (Lipinski definition) is 0. The quantitative estimate of drug-likeness (QED) is 0.627. The van der Waals surface area contributed by atoms with Gasteiger partial charge in [0.2, 0.25) is 0 Å². The van der Waals surface area contributed by atoms with Crippen LogP contribution >= 0.6 is 11.6 Å². The fraction of sp³-hybridized carbons (Fsp3) is 0.647. The Labute approximate surface area is 117 Å². The van der Waals surface area contributed by atoms with Crippen molar-refractivity contribution in [1.82, 2.24) is 0 Å². The van der Waals surface area contributed by atoms with Gasteiger partial charge in [-0.2, -0.15) is 0 Å². The molecule has 1 aromatic rings. The van der Waals surface area contributed by atoms with E-state index >= 15 is 0 Å². The van der Waals surface area contributed by atoms with E-state index in [1.165, 1.54) is 37.7 Å². The molecule has 1 unspecified atom stereocenters. The fourth-order valence-electron chi connectivity index (χ4n) is 2.93. The van der Waals surface area contributed by atoms with E-state index in [1.54, 1.807) is 0 Å². The summed E-state index contributed by atoms with van der Waals surface area (Å²) in [5, 5.41) is 0.851. The van der Waals surface area contributed by atoms with Crippen LogP contribution < -0.4 is 0 Å². The molecule has 0 nitrogen and oxygen atoms in total. The maximum Gasteiger partial charge on any atom is 0.0406 e. The van der Waals surface area contributed by atoms with Gasteiger partial charge in [-0.05, 0) is 60.6 Å². The summed E-state index contributed by atoms with van der Waals surface area (Å²) in [6.45, 7) is 7.06. The first-order valence-corrected chi connectivity index (χ1v) is 7.67. The lowest BCUT2D eigenvalue weighted by Gasteiger charge is -2.43. The van der Waals surface area contributed by atoms with Crippen molar-refractivity contribution in [2.45, 2.75) is 58.3 Å². The molecular weight excluding hydrogens is 240 g/mol. The van der Waals surface area contributed by atoms with Gasteiger partial charge in [-0.3, -0.25) is 0 Å². The van der Waals surface area contributed by atoms with Gasteiger partial charge in [0.15, 0.2) is 0 Å². The predicted molar refractivity (Wildman–Crippen MR) is 80.2 cm³/mol. The van der Waals surface area contributed by atoms with Crippen molar-refractivity contribution in [3.8, 4) is 0 Å². The highest BCUT2D eigenvalue weighted by Gasteiger charge is 2.38. The Kier molecular flexibility index (Phi) is 4.37. The SMILES string of the molecule is CC(C)C(C)CCC1(c2ccc(Cl)cc2)CCC1. The Morgan fingerprint density at radius 2 is 1.72 bits per heavy atom. The molecule has 0 radical (unpaired) electrons. The molecule has 1 aliphatic carbocycles.